The van der Waals surface area contributed by atoms with Gasteiger partial charge in [0.2, 0.25) is 0 Å². The van der Waals surface area contributed by atoms with Gasteiger partial charge in [-0.15, -0.1) is 0 Å². The maximum atomic E-state index is 12.5. The minimum atomic E-state index is -4.47. The second kappa shape index (κ2) is 6.75. The van der Waals surface area contributed by atoms with Crippen molar-refractivity contribution in [2.75, 3.05) is 25.0 Å². The van der Waals surface area contributed by atoms with Crippen LogP contribution >= 0.6 is 11.6 Å². The summed E-state index contributed by atoms with van der Waals surface area (Å²) in [5.41, 5.74) is -0.719. The molecule has 1 aromatic carbocycles. The third-order valence-electron chi connectivity index (χ3n) is 3.70. The number of aliphatic hydroxyl groups is 1. The van der Waals surface area contributed by atoms with Gasteiger partial charge >= 0.3 is 12.2 Å². The van der Waals surface area contributed by atoms with E-state index in [1.54, 1.807) is 4.90 Å². The summed E-state index contributed by atoms with van der Waals surface area (Å²) < 4.78 is 37.6. The predicted octanol–water partition coefficient (Wildman–Crippen LogP) is 3.60. The quantitative estimate of drug-likeness (QED) is 0.867. The number of hydrogen-bond donors (Lipinski definition) is 2. The first-order chi connectivity index (χ1) is 10.3. The number of likely N-dealkylation sites (tertiary alicyclic amines) is 1. The number of aliphatic hydroxyl groups excluding tert-OH is 1. The van der Waals surface area contributed by atoms with Crippen LogP contribution in [-0.2, 0) is 6.18 Å². The highest BCUT2D eigenvalue weighted by Gasteiger charge is 2.31. The molecule has 1 fully saturated rings. The molecule has 0 unspecified atom stereocenters. The molecule has 1 aliphatic heterocycles. The largest absolute Gasteiger partial charge is 0.416 e. The molecule has 0 radical (unpaired) electrons. The second-order valence-electron chi connectivity index (χ2n) is 5.24. The van der Waals surface area contributed by atoms with Crippen LogP contribution in [0, 0.1) is 5.92 Å². The summed E-state index contributed by atoms with van der Waals surface area (Å²) in [6, 6.07) is 2.40. The molecule has 1 heterocycles. The van der Waals surface area contributed by atoms with Gasteiger partial charge in [-0.1, -0.05) is 11.6 Å². The molecule has 0 bridgehead atoms. The first-order valence-electron chi connectivity index (χ1n) is 6.85. The average molecular weight is 337 g/mol. The van der Waals surface area contributed by atoms with Crippen molar-refractivity contribution in [2.45, 2.75) is 19.0 Å². The van der Waals surface area contributed by atoms with Gasteiger partial charge in [-0.3, -0.25) is 0 Å². The molecule has 0 aromatic heterocycles. The number of rotatable bonds is 2. The molecule has 122 valence electrons. The number of urea groups is 1. The van der Waals surface area contributed by atoms with Gasteiger partial charge < -0.3 is 15.3 Å². The number of halogens is 4. The molecule has 2 rings (SSSR count). The zero-order chi connectivity index (χ0) is 16.3. The fourth-order valence-corrected chi connectivity index (χ4v) is 2.53. The summed E-state index contributed by atoms with van der Waals surface area (Å²) in [4.78, 5) is 13.6. The van der Waals surface area contributed by atoms with Crippen molar-refractivity contribution in [2.24, 2.45) is 5.92 Å². The maximum absolute atomic E-state index is 12.5. The van der Waals surface area contributed by atoms with E-state index in [-0.39, 0.29) is 23.2 Å². The highest BCUT2D eigenvalue weighted by molar-refractivity contribution is 6.33. The van der Waals surface area contributed by atoms with E-state index in [0.29, 0.717) is 25.9 Å². The molecular weight excluding hydrogens is 321 g/mol. The lowest BCUT2D eigenvalue weighted by Gasteiger charge is -2.31. The Balaban J connectivity index is 2.00. The lowest BCUT2D eigenvalue weighted by atomic mass is 9.98. The van der Waals surface area contributed by atoms with Crippen LogP contribution in [0.4, 0.5) is 23.7 Å². The van der Waals surface area contributed by atoms with Gasteiger partial charge in [0.15, 0.2) is 0 Å². The van der Waals surface area contributed by atoms with Gasteiger partial charge in [0, 0.05) is 19.7 Å². The van der Waals surface area contributed by atoms with Gasteiger partial charge in [-0.05, 0) is 37.0 Å². The van der Waals surface area contributed by atoms with E-state index in [2.05, 4.69) is 5.32 Å². The third-order valence-corrected chi connectivity index (χ3v) is 4.01. The number of anilines is 1. The lowest BCUT2D eigenvalue weighted by molar-refractivity contribution is -0.137. The summed E-state index contributed by atoms with van der Waals surface area (Å²) in [6.07, 6.45) is -3.08. The molecule has 1 saturated heterocycles. The van der Waals surface area contributed by atoms with Crippen LogP contribution in [-0.4, -0.2) is 35.7 Å². The number of carbonyl (C=O) groups excluding carboxylic acids is 1. The Hall–Kier alpha value is -1.47. The molecule has 8 heteroatoms. The van der Waals surface area contributed by atoms with Crippen molar-refractivity contribution < 1.29 is 23.1 Å². The molecule has 0 saturated carbocycles. The Morgan fingerprint density at radius 3 is 2.50 bits per heavy atom. The number of piperidine rings is 1. The predicted molar refractivity (Wildman–Crippen MR) is 76.9 cm³/mol. The molecule has 4 nitrogen and oxygen atoms in total. The van der Waals surface area contributed by atoms with Crippen molar-refractivity contribution in [3.8, 4) is 0 Å². The normalized spacial score (nSPS) is 16.7. The average Bonchev–Trinajstić information content (AvgIpc) is 2.48. The van der Waals surface area contributed by atoms with Gasteiger partial charge in [-0.2, -0.15) is 13.2 Å². The fourth-order valence-electron chi connectivity index (χ4n) is 2.31. The SMILES string of the molecule is O=C(Nc1ccc(C(F)(F)F)cc1Cl)N1CCC(CO)CC1. The molecule has 22 heavy (non-hydrogen) atoms. The van der Waals surface area contributed by atoms with Crippen molar-refractivity contribution in [3.63, 3.8) is 0 Å². The number of benzene rings is 1. The smallest absolute Gasteiger partial charge is 0.396 e. The minimum absolute atomic E-state index is 0.0974. The van der Waals surface area contributed by atoms with Crippen molar-refractivity contribution >= 4 is 23.3 Å². The standard InChI is InChI=1S/C14H16ClF3N2O2/c15-11-7-10(14(16,17)18)1-2-12(11)19-13(22)20-5-3-9(8-21)4-6-20/h1-2,7,9,21H,3-6,8H2,(H,19,22). The Morgan fingerprint density at radius 2 is 2.00 bits per heavy atom. The Morgan fingerprint density at radius 1 is 1.36 bits per heavy atom. The molecule has 2 N–H and O–H groups in total. The van der Waals surface area contributed by atoms with E-state index >= 15 is 0 Å². The van der Waals surface area contributed by atoms with E-state index in [1.165, 1.54) is 0 Å². The maximum Gasteiger partial charge on any atom is 0.416 e. The first kappa shape index (κ1) is 16.9. The Bertz CT molecular complexity index is 543. The number of amides is 2. The van der Waals surface area contributed by atoms with Crippen molar-refractivity contribution in [3.05, 3.63) is 28.8 Å². The van der Waals surface area contributed by atoms with Gasteiger partial charge in [0.25, 0.3) is 0 Å². The Kier molecular flexibility index (Phi) is 5.18. The number of alkyl halides is 3. The van der Waals surface area contributed by atoms with Crippen LogP contribution in [0.1, 0.15) is 18.4 Å². The molecule has 2 amide bonds. The summed E-state index contributed by atoms with van der Waals surface area (Å²) in [6.45, 7) is 1.09. The zero-order valence-electron chi connectivity index (χ0n) is 11.7. The lowest BCUT2D eigenvalue weighted by Crippen LogP contribution is -2.41. The molecule has 0 aliphatic carbocycles. The van der Waals surface area contributed by atoms with E-state index in [9.17, 15) is 18.0 Å². The van der Waals surface area contributed by atoms with Crippen molar-refractivity contribution in [1.29, 1.82) is 0 Å². The zero-order valence-corrected chi connectivity index (χ0v) is 12.4. The van der Waals surface area contributed by atoms with Crippen LogP contribution in [0.2, 0.25) is 5.02 Å². The fraction of sp³-hybridized carbons (Fsp3) is 0.500. The minimum Gasteiger partial charge on any atom is -0.396 e. The summed E-state index contributed by atoms with van der Waals surface area (Å²) >= 11 is 5.80. The summed E-state index contributed by atoms with van der Waals surface area (Å²) in [5, 5.41) is 11.4. The van der Waals surface area contributed by atoms with E-state index in [1.807, 2.05) is 0 Å². The van der Waals surface area contributed by atoms with Crippen molar-refractivity contribution in [1.82, 2.24) is 4.90 Å². The molecule has 0 spiro atoms. The number of nitrogens with zero attached hydrogens (tertiary/aromatic N) is 1. The van der Waals surface area contributed by atoms with E-state index in [4.69, 9.17) is 16.7 Å². The molecule has 1 aliphatic rings. The molecule has 1 aromatic rings. The van der Waals surface area contributed by atoms with Crippen LogP contribution < -0.4 is 5.32 Å². The molecular formula is C14H16ClF3N2O2. The highest BCUT2D eigenvalue weighted by atomic mass is 35.5. The number of hydrogen-bond acceptors (Lipinski definition) is 2. The van der Waals surface area contributed by atoms with E-state index < -0.39 is 17.8 Å². The van der Waals surface area contributed by atoms with Gasteiger partial charge in [0.1, 0.15) is 0 Å². The first-order valence-corrected chi connectivity index (χ1v) is 7.22. The number of carbonyl (C=O) groups is 1. The Labute approximate surface area is 130 Å². The topological polar surface area (TPSA) is 52.6 Å². The van der Waals surface area contributed by atoms with Gasteiger partial charge in [0.05, 0.1) is 16.3 Å². The highest BCUT2D eigenvalue weighted by Crippen LogP contribution is 2.33. The van der Waals surface area contributed by atoms with Crippen LogP contribution in [0.15, 0.2) is 18.2 Å². The van der Waals surface area contributed by atoms with Crippen LogP contribution in [0.25, 0.3) is 0 Å². The van der Waals surface area contributed by atoms with Gasteiger partial charge in [-0.25, -0.2) is 4.79 Å². The summed E-state index contributed by atoms with van der Waals surface area (Å²) in [7, 11) is 0. The van der Waals surface area contributed by atoms with Crippen LogP contribution in [0.3, 0.4) is 0 Å². The second-order valence-corrected chi connectivity index (χ2v) is 5.64. The van der Waals surface area contributed by atoms with E-state index in [0.717, 1.165) is 18.2 Å². The molecule has 0 atom stereocenters. The monoisotopic (exact) mass is 336 g/mol. The van der Waals surface area contributed by atoms with Crippen LogP contribution in [0.5, 0.6) is 0 Å². The number of nitrogens with one attached hydrogen (secondary N) is 1. The summed E-state index contributed by atoms with van der Waals surface area (Å²) in [5.74, 6) is 0.193. The third kappa shape index (κ3) is 4.04.